The molecule has 0 aromatic heterocycles. The second-order valence-corrected chi connectivity index (χ2v) is 8.28. The van der Waals surface area contributed by atoms with E-state index < -0.39 is 22.0 Å². The van der Waals surface area contributed by atoms with E-state index in [4.69, 9.17) is 9.47 Å². The van der Waals surface area contributed by atoms with E-state index in [0.29, 0.717) is 36.1 Å². The number of hydrogen-bond acceptors (Lipinski definition) is 5. The van der Waals surface area contributed by atoms with Crippen LogP contribution in [-0.2, 0) is 14.8 Å². The molecule has 1 N–H and O–H groups in total. The number of fused-ring (bicyclic) bond motifs is 1. The first-order chi connectivity index (χ1) is 12.8. The highest BCUT2D eigenvalue weighted by atomic mass is 32.2. The highest BCUT2D eigenvalue weighted by Crippen LogP contribution is 2.35. The summed E-state index contributed by atoms with van der Waals surface area (Å²) in [4.78, 5) is 12.7. The Balaban J connectivity index is 1.88. The van der Waals surface area contributed by atoms with Crippen molar-refractivity contribution in [3.63, 3.8) is 0 Å². The number of benzene rings is 2. The number of anilines is 2. The Bertz CT molecular complexity index is 941. The molecule has 1 aliphatic heterocycles. The van der Waals surface area contributed by atoms with Gasteiger partial charge in [-0.15, -0.1) is 0 Å². The standard InChI is InChI=1S/C19H22N2O5S/c1-13-4-6-15(7-5-13)20-19(22)14(2)21(27(3,23)24)16-8-9-17-18(12-16)26-11-10-25-17/h4-9,12,14H,10-11H2,1-3H3,(H,20,22)/t14-/m0/s1. The number of aryl methyl sites for hydroxylation is 1. The fourth-order valence-electron chi connectivity index (χ4n) is 2.86. The first-order valence-electron chi connectivity index (χ1n) is 8.52. The van der Waals surface area contributed by atoms with Crippen LogP contribution in [0.4, 0.5) is 11.4 Å². The smallest absolute Gasteiger partial charge is 0.247 e. The summed E-state index contributed by atoms with van der Waals surface area (Å²) in [7, 11) is -3.71. The summed E-state index contributed by atoms with van der Waals surface area (Å²) in [5.74, 6) is 0.577. The van der Waals surface area contributed by atoms with Crippen LogP contribution in [-0.4, -0.2) is 39.8 Å². The third-order valence-corrected chi connectivity index (χ3v) is 5.43. The number of nitrogens with zero attached hydrogens (tertiary/aromatic N) is 1. The van der Waals surface area contributed by atoms with E-state index in [-0.39, 0.29) is 0 Å². The zero-order chi connectivity index (χ0) is 19.6. The monoisotopic (exact) mass is 390 g/mol. The van der Waals surface area contributed by atoms with Crippen molar-refractivity contribution in [1.29, 1.82) is 0 Å². The Labute approximate surface area is 158 Å². The molecule has 2 aromatic rings. The molecule has 0 saturated carbocycles. The van der Waals surface area contributed by atoms with Crippen molar-refractivity contribution in [1.82, 2.24) is 0 Å². The summed E-state index contributed by atoms with van der Waals surface area (Å²) in [6.45, 7) is 4.32. The Morgan fingerprint density at radius 1 is 1.07 bits per heavy atom. The van der Waals surface area contributed by atoms with Gasteiger partial charge >= 0.3 is 0 Å². The van der Waals surface area contributed by atoms with Crippen molar-refractivity contribution in [3.8, 4) is 11.5 Å². The van der Waals surface area contributed by atoms with Gasteiger partial charge in [0.1, 0.15) is 19.3 Å². The Morgan fingerprint density at radius 2 is 1.70 bits per heavy atom. The molecule has 144 valence electrons. The fraction of sp³-hybridized carbons (Fsp3) is 0.316. The molecular weight excluding hydrogens is 368 g/mol. The molecule has 0 radical (unpaired) electrons. The molecule has 0 spiro atoms. The lowest BCUT2D eigenvalue weighted by Crippen LogP contribution is -2.45. The fourth-order valence-corrected chi connectivity index (χ4v) is 4.03. The van der Waals surface area contributed by atoms with Crippen molar-refractivity contribution in [2.24, 2.45) is 0 Å². The molecule has 0 saturated heterocycles. The van der Waals surface area contributed by atoms with Gasteiger partial charge in [0.25, 0.3) is 0 Å². The Morgan fingerprint density at radius 3 is 2.33 bits per heavy atom. The van der Waals surface area contributed by atoms with E-state index >= 15 is 0 Å². The van der Waals surface area contributed by atoms with Crippen LogP contribution in [0.25, 0.3) is 0 Å². The van der Waals surface area contributed by atoms with Crippen LogP contribution in [0.1, 0.15) is 12.5 Å². The summed E-state index contributed by atoms with van der Waals surface area (Å²) in [5, 5.41) is 2.75. The molecule has 1 heterocycles. The zero-order valence-electron chi connectivity index (χ0n) is 15.4. The number of carbonyl (C=O) groups is 1. The number of carbonyl (C=O) groups excluding carboxylic acids is 1. The highest BCUT2D eigenvalue weighted by molar-refractivity contribution is 7.92. The van der Waals surface area contributed by atoms with E-state index in [2.05, 4.69) is 5.32 Å². The van der Waals surface area contributed by atoms with Crippen molar-refractivity contribution < 1.29 is 22.7 Å². The van der Waals surface area contributed by atoms with Crippen LogP contribution >= 0.6 is 0 Å². The van der Waals surface area contributed by atoms with Gasteiger partial charge in [0.15, 0.2) is 11.5 Å². The van der Waals surface area contributed by atoms with E-state index in [1.165, 1.54) is 0 Å². The molecule has 1 atom stereocenters. The third kappa shape index (κ3) is 4.33. The number of ether oxygens (including phenoxy) is 2. The van der Waals surface area contributed by atoms with Gasteiger partial charge in [-0.2, -0.15) is 0 Å². The lowest BCUT2D eigenvalue weighted by atomic mass is 10.2. The van der Waals surface area contributed by atoms with Crippen LogP contribution in [0.3, 0.4) is 0 Å². The minimum Gasteiger partial charge on any atom is -0.486 e. The topological polar surface area (TPSA) is 84.9 Å². The van der Waals surface area contributed by atoms with Gasteiger partial charge in [-0.25, -0.2) is 8.42 Å². The number of hydrogen-bond donors (Lipinski definition) is 1. The Kier molecular flexibility index (Phi) is 5.27. The second-order valence-electron chi connectivity index (χ2n) is 6.42. The van der Waals surface area contributed by atoms with Crippen molar-refractivity contribution >= 4 is 27.3 Å². The maximum Gasteiger partial charge on any atom is 0.247 e. The average molecular weight is 390 g/mol. The number of amides is 1. The molecule has 3 rings (SSSR count). The maximum atomic E-state index is 12.7. The summed E-state index contributed by atoms with van der Waals surface area (Å²) < 4.78 is 36.9. The molecule has 1 aliphatic rings. The molecule has 27 heavy (non-hydrogen) atoms. The largest absolute Gasteiger partial charge is 0.486 e. The minimum atomic E-state index is -3.71. The van der Waals surface area contributed by atoms with Crippen molar-refractivity contribution in [3.05, 3.63) is 48.0 Å². The van der Waals surface area contributed by atoms with Gasteiger partial charge in [-0.05, 0) is 38.1 Å². The number of rotatable bonds is 5. The second kappa shape index (κ2) is 7.48. The van der Waals surface area contributed by atoms with Crippen LogP contribution in [0.15, 0.2) is 42.5 Å². The zero-order valence-corrected chi connectivity index (χ0v) is 16.2. The normalized spacial score (nSPS) is 14.3. The van der Waals surface area contributed by atoms with Crippen molar-refractivity contribution in [2.75, 3.05) is 29.1 Å². The molecule has 7 nitrogen and oxygen atoms in total. The average Bonchev–Trinajstić information content (AvgIpc) is 2.62. The SMILES string of the molecule is Cc1ccc(NC(=O)[C@H](C)N(c2ccc3c(c2)OCCO3)S(C)(=O)=O)cc1. The molecular formula is C19H22N2O5S. The van der Waals surface area contributed by atoms with E-state index in [1.54, 1.807) is 37.3 Å². The number of sulfonamides is 1. The summed E-state index contributed by atoms with van der Waals surface area (Å²) >= 11 is 0. The summed E-state index contributed by atoms with van der Waals surface area (Å²) in [5.41, 5.74) is 2.01. The van der Waals surface area contributed by atoms with E-state index in [9.17, 15) is 13.2 Å². The van der Waals surface area contributed by atoms with Gasteiger partial charge in [0.2, 0.25) is 15.9 Å². The van der Waals surface area contributed by atoms with Crippen LogP contribution in [0.2, 0.25) is 0 Å². The molecule has 2 aromatic carbocycles. The third-order valence-electron chi connectivity index (χ3n) is 4.19. The number of nitrogens with one attached hydrogen (secondary N) is 1. The first kappa shape index (κ1) is 19.0. The highest BCUT2D eigenvalue weighted by Gasteiger charge is 2.30. The predicted octanol–water partition coefficient (Wildman–Crippen LogP) is 2.56. The summed E-state index contributed by atoms with van der Waals surface area (Å²) in [6, 6.07) is 11.2. The van der Waals surface area contributed by atoms with Crippen LogP contribution in [0, 0.1) is 6.92 Å². The van der Waals surface area contributed by atoms with Gasteiger partial charge in [-0.3, -0.25) is 9.10 Å². The van der Waals surface area contributed by atoms with Crippen molar-refractivity contribution in [2.45, 2.75) is 19.9 Å². The molecule has 1 amide bonds. The summed E-state index contributed by atoms with van der Waals surface area (Å²) in [6.07, 6.45) is 1.07. The van der Waals surface area contributed by atoms with Crippen LogP contribution < -0.4 is 19.1 Å². The molecule has 8 heteroatoms. The quantitative estimate of drug-likeness (QED) is 0.848. The maximum absolute atomic E-state index is 12.7. The minimum absolute atomic E-state index is 0.341. The predicted molar refractivity (Wildman–Crippen MR) is 104 cm³/mol. The molecule has 0 bridgehead atoms. The van der Waals surface area contributed by atoms with Gasteiger partial charge in [0, 0.05) is 11.8 Å². The Hall–Kier alpha value is -2.74. The van der Waals surface area contributed by atoms with Gasteiger partial charge in [0.05, 0.1) is 11.9 Å². The van der Waals surface area contributed by atoms with Gasteiger partial charge < -0.3 is 14.8 Å². The molecule has 0 fully saturated rings. The lowest BCUT2D eigenvalue weighted by Gasteiger charge is -2.29. The lowest BCUT2D eigenvalue weighted by molar-refractivity contribution is -0.116. The van der Waals surface area contributed by atoms with E-state index in [0.717, 1.165) is 16.1 Å². The van der Waals surface area contributed by atoms with E-state index in [1.807, 2.05) is 19.1 Å². The van der Waals surface area contributed by atoms with Gasteiger partial charge in [-0.1, -0.05) is 17.7 Å². The first-order valence-corrected chi connectivity index (χ1v) is 10.4. The molecule has 0 unspecified atom stereocenters. The molecule has 0 aliphatic carbocycles. The van der Waals surface area contributed by atoms with Crippen LogP contribution in [0.5, 0.6) is 11.5 Å².